The molecule has 0 heterocycles. The highest BCUT2D eigenvalue weighted by atomic mass is 16.5. The van der Waals surface area contributed by atoms with Crippen LogP contribution < -0.4 is 29.0 Å². The first-order valence-corrected chi connectivity index (χ1v) is 32.6. The van der Waals surface area contributed by atoms with Crippen LogP contribution in [0.2, 0.25) is 0 Å². The molecule has 0 atom stereocenters. The van der Waals surface area contributed by atoms with Crippen LogP contribution in [0.3, 0.4) is 0 Å². The molecular weight excluding hydrogens is 987 g/mol. The zero-order chi connectivity index (χ0) is 56.8. The van der Waals surface area contributed by atoms with E-state index in [0.29, 0.717) is 39.5 Å². The van der Waals surface area contributed by atoms with Crippen molar-refractivity contribution in [2.24, 2.45) is 0 Å². The van der Waals surface area contributed by atoms with Gasteiger partial charge >= 0.3 is 0 Å². The number of unbranched alkanes of at least 4 members (excludes halogenated alkanes) is 29. The molecule has 444 valence electrons. The van der Waals surface area contributed by atoms with Gasteiger partial charge in [0.1, 0.15) is 18.1 Å². The van der Waals surface area contributed by atoms with Gasteiger partial charge in [-0.05, 0) is 99.9 Å². The van der Waals surface area contributed by atoms with E-state index in [1.165, 1.54) is 166 Å². The molecule has 0 aromatic heterocycles. The minimum Gasteiger partial charge on any atom is -0.493 e. The molecule has 0 spiro atoms. The summed E-state index contributed by atoms with van der Waals surface area (Å²) in [6.07, 6.45) is 49.8. The predicted molar refractivity (Wildman–Crippen MR) is 343 cm³/mol. The lowest BCUT2D eigenvalue weighted by molar-refractivity contribution is -0.116. The number of benzene rings is 4. The van der Waals surface area contributed by atoms with E-state index in [2.05, 4.69) is 99.8 Å². The summed E-state index contributed by atoms with van der Waals surface area (Å²) in [5.41, 5.74) is 6.03. The van der Waals surface area contributed by atoms with E-state index >= 15 is 0 Å². The van der Waals surface area contributed by atoms with Crippen LogP contribution in [-0.4, -0.2) is 32.3 Å². The Kier molecular flexibility index (Phi) is 38.3. The number of allylic oxidation sites excluding steroid dienone is 1. The van der Waals surface area contributed by atoms with Crippen LogP contribution in [-0.2, 0) is 11.4 Å². The number of carbonyl (C=O) groups excluding carboxylic acids is 1. The highest BCUT2D eigenvalue weighted by Gasteiger charge is 2.18. The molecule has 0 bridgehead atoms. The summed E-state index contributed by atoms with van der Waals surface area (Å²) in [4.78, 5) is 12.6. The van der Waals surface area contributed by atoms with Crippen molar-refractivity contribution in [3.8, 4) is 28.7 Å². The highest BCUT2D eigenvalue weighted by molar-refractivity contribution is 5.90. The first-order valence-electron chi connectivity index (χ1n) is 32.6. The number of para-hydroxylation sites is 1. The van der Waals surface area contributed by atoms with Gasteiger partial charge in [0.05, 0.1) is 26.4 Å². The number of nitrogens with one attached hydrogen (secondary N) is 1. The number of aryl methyl sites for hydroxylation is 1. The predicted octanol–water partition coefficient (Wildman–Crippen LogP) is 22.3. The minimum atomic E-state index is 0.0399. The topological polar surface area (TPSA) is 75.2 Å². The molecule has 0 saturated carbocycles. The number of hydrogen-bond acceptors (Lipinski definition) is 6. The molecule has 0 unspecified atom stereocenters. The van der Waals surface area contributed by atoms with E-state index in [1.54, 1.807) is 0 Å². The van der Waals surface area contributed by atoms with Gasteiger partial charge < -0.3 is 29.0 Å². The average Bonchev–Trinajstić information content (AvgIpc) is 3.47. The van der Waals surface area contributed by atoms with E-state index in [0.717, 1.165) is 108 Å². The fraction of sp³-hybridized carbons (Fsp3) is 0.603. The lowest BCUT2D eigenvalue weighted by atomic mass is 10.1. The summed E-state index contributed by atoms with van der Waals surface area (Å²) in [6.45, 7) is 13.8. The number of ether oxygens (including phenoxy) is 5. The molecule has 0 aliphatic rings. The van der Waals surface area contributed by atoms with Gasteiger partial charge in [-0.15, -0.1) is 0 Å². The van der Waals surface area contributed by atoms with Gasteiger partial charge in [-0.25, -0.2) is 0 Å². The van der Waals surface area contributed by atoms with Crippen molar-refractivity contribution in [3.63, 3.8) is 0 Å². The maximum atomic E-state index is 12.6. The van der Waals surface area contributed by atoms with Crippen molar-refractivity contribution in [3.05, 3.63) is 113 Å². The van der Waals surface area contributed by atoms with E-state index in [-0.39, 0.29) is 5.91 Å². The first kappa shape index (κ1) is 67.3. The molecule has 1 amide bonds. The van der Waals surface area contributed by atoms with Crippen molar-refractivity contribution in [2.75, 3.05) is 31.7 Å². The Hall–Kier alpha value is -5.17. The van der Waals surface area contributed by atoms with Crippen LogP contribution in [0.5, 0.6) is 28.7 Å². The van der Waals surface area contributed by atoms with Gasteiger partial charge in [0.15, 0.2) is 11.5 Å². The van der Waals surface area contributed by atoms with Crippen molar-refractivity contribution < 1.29 is 28.5 Å². The third kappa shape index (κ3) is 31.2. The van der Waals surface area contributed by atoms with Gasteiger partial charge in [-0.3, -0.25) is 4.79 Å². The maximum Gasteiger partial charge on any atom is 0.224 e. The van der Waals surface area contributed by atoms with Gasteiger partial charge in [0, 0.05) is 23.2 Å². The second kappa shape index (κ2) is 45.4. The Balaban J connectivity index is 1.54. The van der Waals surface area contributed by atoms with E-state index in [9.17, 15) is 4.79 Å². The molecule has 0 fully saturated rings. The Morgan fingerprint density at radius 2 is 0.812 bits per heavy atom. The van der Waals surface area contributed by atoms with Crippen LogP contribution in [0.15, 0.2) is 84.9 Å². The number of amides is 1. The normalized spacial score (nSPS) is 11.5. The molecule has 7 nitrogen and oxygen atoms in total. The standard InChI is InChI=1S/C73H111NO6/c1-6-10-13-16-19-22-25-28-31-39-54-77-70-57-64(58-71(78-55-40-32-29-26-23-20-17-14-11-7-2)73(70)79-56-41-33-30-27-24-21-18-15-12-8-3)61-80-69-59-65(43-9-4)68(60-66(69)52-51-63-49-47-62(5)48-50-63)76-53-42-35-38-46-72(75)74-67-44-36-34-37-45-67/h9,34,36-37,43-45,47-52,57-60H,6-8,10-33,35,38-42,46,53-56,61H2,1-5H3,(H,74,75). The smallest absolute Gasteiger partial charge is 0.224 e. The summed E-state index contributed by atoms with van der Waals surface area (Å²) in [7, 11) is 0. The Labute approximate surface area is 488 Å². The number of anilines is 1. The summed E-state index contributed by atoms with van der Waals surface area (Å²) in [5, 5.41) is 3.00. The number of hydrogen-bond donors (Lipinski definition) is 1. The lowest BCUT2D eigenvalue weighted by Gasteiger charge is -2.20. The SMILES string of the molecule is CC=Cc1cc(OCc2cc(OCCCCCCCCCCCC)c(OCCCCCCCCCCCC)c(OCCCCCCCCCCCC)c2)c(C=Cc2ccc(C)cc2)cc1OCCCCCC(=O)Nc1ccccc1. The molecule has 1 N–H and O–H groups in total. The van der Waals surface area contributed by atoms with Crippen LogP contribution >= 0.6 is 0 Å². The zero-order valence-electron chi connectivity index (χ0n) is 51.3. The molecule has 80 heavy (non-hydrogen) atoms. The van der Waals surface area contributed by atoms with E-state index in [4.69, 9.17) is 23.7 Å². The second-order valence-corrected chi connectivity index (χ2v) is 22.5. The molecule has 0 saturated heterocycles. The Morgan fingerprint density at radius 3 is 1.27 bits per heavy atom. The quantitative estimate of drug-likeness (QED) is 0.0351. The summed E-state index contributed by atoms with van der Waals surface area (Å²) in [6, 6.07) is 26.7. The monoisotopic (exact) mass is 1100 g/mol. The third-order valence-corrected chi connectivity index (χ3v) is 15.1. The van der Waals surface area contributed by atoms with Crippen molar-refractivity contribution in [1.29, 1.82) is 0 Å². The van der Waals surface area contributed by atoms with Gasteiger partial charge in [-0.1, -0.05) is 266 Å². The Morgan fingerprint density at radius 1 is 0.412 bits per heavy atom. The molecule has 0 radical (unpaired) electrons. The molecule has 4 rings (SSSR count). The minimum absolute atomic E-state index is 0.0399. The molecule has 4 aromatic rings. The Bertz CT molecular complexity index is 2170. The molecular formula is C73H111NO6. The summed E-state index contributed by atoms with van der Waals surface area (Å²) in [5.74, 6) is 3.84. The van der Waals surface area contributed by atoms with E-state index < -0.39 is 0 Å². The fourth-order valence-electron chi connectivity index (χ4n) is 10.2. The second-order valence-electron chi connectivity index (χ2n) is 22.5. The van der Waals surface area contributed by atoms with Crippen LogP contribution in [0.4, 0.5) is 5.69 Å². The number of carbonyl (C=O) groups is 1. The summed E-state index contributed by atoms with van der Waals surface area (Å²) >= 11 is 0. The first-order chi connectivity index (χ1) is 39.4. The van der Waals surface area contributed by atoms with Gasteiger partial charge in [0.2, 0.25) is 11.7 Å². The maximum absolute atomic E-state index is 12.6. The van der Waals surface area contributed by atoms with Gasteiger partial charge in [-0.2, -0.15) is 0 Å². The molecule has 0 aliphatic carbocycles. The van der Waals surface area contributed by atoms with Gasteiger partial charge in [0.25, 0.3) is 0 Å². The number of rotatable bonds is 50. The molecule has 7 heteroatoms. The largest absolute Gasteiger partial charge is 0.493 e. The van der Waals surface area contributed by atoms with E-state index in [1.807, 2.05) is 43.3 Å². The fourth-order valence-corrected chi connectivity index (χ4v) is 10.2. The lowest BCUT2D eigenvalue weighted by Crippen LogP contribution is -2.11. The van der Waals surface area contributed by atoms with Crippen LogP contribution in [0.1, 0.15) is 274 Å². The van der Waals surface area contributed by atoms with Crippen LogP contribution in [0, 0.1) is 6.92 Å². The van der Waals surface area contributed by atoms with Crippen molar-refractivity contribution in [1.82, 2.24) is 0 Å². The van der Waals surface area contributed by atoms with Crippen molar-refractivity contribution in [2.45, 2.75) is 260 Å². The molecule has 4 aromatic carbocycles. The van der Waals surface area contributed by atoms with Crippen molar-refractivity contribution >= 4 is 29.8 Å². The average molecular weight is 1100 g/mol. The highest BCUT2D eigenvalue weighted by Crippen LogP contribution is 2.41. The molecule has 0 aliphatic heterocycles. The third-order valence-electron chi connectivity index (χ3n) is 15.1. The zero-order valence-corrected chi connectivity index (χ0v) is 51.3. The van der Waals surface area contributed by atoms with Crippen LogP contribution in [0.25, 0.3) is 18.2 Å². The summed E-state index contributed by atoms with van der Waals surface area (Å²) < 4.78 is 33.7.